The van der Waals surface area contributed by atoms with E-state index in [1.165, 1.54) is 31.2 Å². The van der Waals surface area contributed by atoms with Gasteiger partial charge in [0.15, 0.2) is 5.82 Å². The second-order valence-electron chi connectivity index (χ2n) is 4.29. The molecule has 0 amide bonds. The number of pyridine rings is 1. The molecule has 88 valence electrons. The number of aromatic nitrogens is 4. The van der Waals surface area contributed by atoms with Gasteiger partial charge in [-0.25, -0.2) is 14.6 Å². The summed E-state index contributed by atoms with van der Waals surface area (Å²) in [5, 5.41) is 7.57. The Balaban J connectivity index is 1.80. The number of hydrogen-bond acceptors (Lipinski definition) is 4. The summed E-state index contributed by atoms with van der Waals surface area (Å²) in [7, 11) is 0. The number of rotatable bonds is 2. The highest BCUT2D eigenvalue weighted by atomic mass is 15.3. The van der Waals surface area contributed by atoms with Gasteiger partial charge in [-0.05, 0) is 31.0 Å². The Morgan fingerprint density at radius 2 is 2.29 bits per heavy atom. The largest absolute Gasteiger partial charge is 0.310 e. The van der Waals surface area contributed by atoms with E-state index in [0.29, 0.717) is 6.04 Å². The second-order valence-corrected chi connectivity index (χ2v) is 4.29. The van der Waals surface area contributed by atoms with Gasteiger partial charge in [0.1, 0.15) is 12.7 Å². The predicted octanol–water partition coefficient (Wildman–Crippen LogP) is 1.48. The van der Waals surface area contributed by atoms with E-state index in [4.69, 9.17) is 0 Å². The molecule has 1 N–H and O–H groups in total. The molecule has 1 unspecified atom stereocenters. The van der Waals surface area contributed by atoms with Crippen molar-refractivity contribution in [2.45, 2.75) is 25.3 Å². The SMILES string of the molecule is c1ncn(-c2ccc(C3CCCCN3)cn2)n1. The maximum absolute atomic E-state index is 4.42. The van der Waals surface area contributed by atoms with Crippen molar-refractivity contribution in [1.29, 1.82) is 0 Å². The van der Waals surface area contributed by atoms with Crippen molar-refractivity contribution < 1.29 is 0 Å². The Kier molecular flexibility index (Phi) is 2.83. The lowest BCUT2D eigenvalue weighted by molar-refractivity contribution is 0.411. The van der Waals surface area contributed by atoms with Crippen LogP contribution in [0.1, 0.15) is 30.9 Å². The van der Waals surface area contributed by atoms with Crippen LogP contribution < -0.4 is 5.32 Å². The molecular weight excluding hydrogens is 214 g/mol. The molecule has 1 saturated heterocycles. The van der Waals surface area contributed by atoms with E-state index in [1.807, 2.05) is 12.3 Å². The van der Waals surface area contributed by atoms with Crippen molar-refractivity contribution in [2.75, 3.05) is 6.54 Å². The van der Waals surface area contributed by atoms with Crippen LogP contribution in [0.3, 0.4) is 0 Å². The molecule has 1 aliphatic heterocycles. The monoisotopic (exact) mass is 229 g/mol. The highest BCUT2D eigenvalue weighted by Crippen LogP contribution is 2.22. The highest BCUT2D eigenvalue weighted by Gasteiger charge is 2.14. The first-order chi connectivity index (χ1) is 8.43. The minimum atomic E-state index is 0.459. The van der Waals surface area contributed by atoms with Crippen LogP contribution in [-0.4, -0.2) is 26.3 Å². The number of nitrogens with one attached hydrogen (secondary N) is 1. The van der Waals surface area contributed by atoms with Gasteiger partial charge in [0, 0.05) is 12.2 Å². The number of piperidine rings is 1. The normalized spacial score (nSPS) is 20.4. The van der Waals surface area contributed by atoms with Crippen molar-refractivity contribution in [3.8, 4) is 5.82 Å². The molecule has 5 nitrogen and oxygen atoms in total. The van der Waals surface area contributed by atoms with Crippen LogP contribution in [0.2, 0.25) is 0 Å². The smallest absolute Gasteiger partial charge is 0.155 e. The van der Waals surface area contributed by atoms with Gasteiger partial charge in [-0.1, -0.05) is 12.5 Å². The van der Waals surface area contributed by atoms with Crippen LogP contribution in [0, 0.1) is 0 Å². The van der Waals surface area contributed by atoms with Gasteiger partial charge in [0.2, 0.25) is 0 Å². The fraction of sp³-hybridized carbons (Fsp3) is 0.417. The lowest BCUT2D eigenvalue weighted by Crippen LogP contribution is -2.26. The molecule has 1 aliphatic rings. The standard InChI is InChI=1S/C12H15N5/c1-2-6-14-11(3-1)10-4-5-12(15-7-10)17-9-13-8-16-17/h4-5,7-9,11,14H,1-3,6H2. The van der Waals surface area contributed by atoms with Gasteiger partial charge in [-0.3, -0.25) is 0 Å². The lowest BCUT2D eigenvalue weighted by atomic mass is 9.99. The van der Waals surface area contributed by atoms with Gasteiger partial charge in [-0.2, -0.15) is 5.10 Å². The van der Waals surface area contributed by atoms with E-state index in [2.05, 4.69) is 26.4 Å². The summed E-state index contributed by atoms with van der Waals surface area (Å²) in [5.74, 6) is 0.807. The summed E-state index contributed by atoms with van der Waals surface area (Å²) in [5.41, 5.74) is 1.26. The molecule has 1 fully saturated rings. The van der Waals surface area contributed by atoms with Gasteiger partial charge < -0.3 is 5.32 Å². The maximum Gasteiger partial charge on any atom is 0.155 e. The minimum absolute atomic E-state index is 0.459. The van der Waals surface area contributed by atoms with Crippen LogP contribution in [-0.2, 0) is 0 Å². The fourth-order valence-corrected chi connectivity index (χ4v) is 2.20. The second kappa shape index (κ2) is 4.63. The molecular formula is C12H15N5. The molecule has 0 aromatic carbocycles. The molecule has 0 aliphatic carbocycles. The molecule has 3 heterocycles. The van der Waals surface area contributed by atoms with Crippen LogP contribution in [0.25, 0.3) is 5.82 Å². The molecule has 0 bridgehead atoms. The van der Waals surface area contributed by atoms with E-state index >= 15 is 0 Å². The summed E-state index contributed by atoms with van der Waals surface area (Å²) in [4.78, 5) is 8.33. The molecule has 2 aromatic rings. The quantitative estimate of drug-likeness (QED) is 0.847. The van der Waals surface area contributed by atoms with E-state index < -0.39 is 0 Å². The maximum atomic E-state index is 4.42. The van der Waals surface area contributed by atoms with Crippen molar-refractivity contribution in [3.63, 3.8) is 0 Å². The molecule has 5 heteroatoms. The highest BCUT2D eigenvalue weighted by molar-refractivity contribution is 5.25. The summed E-state index contributed by atoms with van der Waals surface area (Å²) < 4.78 is 1.66. The zero-order chi connectivity index (χ0) is 11.5. The average Bonchev–Trinajstić information content (AvgIpc) is 2.94. The van der Waals surface area contributed by atoms with E-state index in [9.17, 15) is 0 Å². The molecule has 2 aromatic heterocycles. The molecule has 3 rings (SSSR count). The van der Waals surface area contributed by atoms with Gasteiger partial charge in [-0.15, -0.1) is 0 Å². The Hall–Kier alpha value is -1.75. The molecule has 17 heavy (non-hydrogen) atoms. The average molecular weight is 229 g/mol. The zero-order valence-electron chi connectivity index (χ0n) is 9.58. The Bertz CT molecular complexity index is 456. The van der Waals surface area contributed by atoms with Gasteiger partial charge in [0.05, 0.1) is 0 Å². The summed E-state index contributed by atoms with van der Waals surface area (Å²) >= 11 is 0. The first kappa shape index (κ1) is 10.4. The van der Waals surface area contributed by atoms with Crippen molar-refractivity contribution in [2.24, 2.45) is 0 Å². The van der Waals surface area contributed by atoms with Crippen LogP contribution in [0.15, 0.2) is 31.0 Å². The van der Waals surface area contributed by atoms with Gasteiger partial charge >= 0.3 is 0 Å². The number of hydrogen-bond donors (Lipinski definition) is 1. The fourth-order valence-electron chi connectivity index (χ4n) is 2.20. The predicted molar refractivity (Wildman–Crippen MR) is 63.7 cm³/mol. The van der Waals surface area contributed by atoms with Gasteiger partial charge in [0.25, 0.3) is 0 Å². The first-order valence-electron chi connectivity index (χ1n) is 5.98. The molecule has 0 radical (unpaired) electrons. The summed E-state index contributed by atoms with van der Waals surface area (Å²) in [6.45, 7) is 1.11. The van der Waals surface area contributed by atoms with Crippen LogP contribution in [0.5, 0.6) is 0 Å². The third kappa shape index (κ3) is 2.19. The Morgan fingerprint density at radius 3 is 2.94 bits per heavy atom. The van der Waals surface area contributed by atoms with E-state index in [-0.39, 0.29) is 0 Å². The molecule has 1 atom stereocenters. The van der Waals surface area contributed by atoms with Crippen molar-refractivity contribution >= 4 is 0 Å². The summed E-state index contributed by atoms with van der Waals surface area (Å²) in [6, 6.07) is 4.56. The van der Waals surface area contributed by atoms with Crippen LogP contribution >= 0.6 is 0 Å². The molecule has 0 spiro atoms. The number of nitrogens with zero attached hydrogens (tertiary/aromatic N) is 4. The van der Waals surface area contributed by atoms with Crippen LogP contribution in [0.4, 0.5) is 0 Å². The third-order valence-electron chi connectivity index (χ3n) is 3.14. The Morgan fingerprint density at radius 1 is 1.29 bits per heavy atom. The topological polar surface area (TPSA) is 55.6 Å². The summed E-state index contributed by atoms with van der Waals surface area (Å²) in [6.07, 6.45) is 8.87. The Labute approximate surface area is 99.9 Å². The van der Waals surface area contributed by atoms with Crippen molar-refractivity contribution in [1.82, 2.24) is 25.1 Å². The van der Waals surface area contributed by atoms with Crippen molar-refractivity contribution in [3.05, 3.63) is 36.5 Å². The van der Waals surface area contributed by atoms with E-state index in [1.54, 1.807) is 11.0 Å². The molecule has 0 saturated carbocycles. The third-order valence-corrected chi connectivity index (χ3v) is 3.14. The minimum Gasteiger partial charge on any atom is -0.310 e. The lowest BCUT2D eigenvalue weighted by Gasteiger charge is -2.23. The zero-order valence-corrected chi connectivity index (χ0v) is 9.58. The van der Waals surface area contributed by atoms with E-state index in [0.717, 1.165) is 12.4 Å². The first-order valence-corrected chi connectivity index (χ1v) is 5.98.